The largest absolute Gasteiger partial charge is 0.326 e. The second kappa shape index (κ2) is 10.7. The van der Waals surface area contributed by atoms with Crippen molar-refractivity contribution >= 4 is 35.0 Å². The van der Waals surface area contributed by atoms with E-state index in [-0.39, 0.29) is 24.1 Å². The average molecular weight is 474 g/mol. The van der Waals surface area contributed by atoms with Crippen molar-refractivity contribution < 1.29 is 19.2 Å². The van der Waals surface area contributed by atoms with Crippen LogP contribution in [0.4, 0.5) is 11.4 Å². The SMILES string of the molecule is CC(=O)Nc1ccc(N2C(=O)CC(N(CCC3=CCCCC3)C(=O)c3ccc(C)cc3)C2=O)cc1. The first-order valence-corrected chi connectivity index (χ1v) is 12.1. The Bertz CT molecular complexity index is 1150. The first-order valence-electron chi connectivity index (χ1n) is 12.1. The summed E-state index contributed by atoms with van der Waals surface area (Å²) in [5.41, 5.74) is 3.86. The molecule has 1 unspecified atom stereocenters. The summed E-state index contributed by atoms with van der Waals surface area (Å²) in [6.07, 6.45) is 7.26. The lowest BCUT2D eigenvalue weighted by atomic mass is 9.96. The topological polar surface area (TPSA) is 86.8 Å². The smallest absolute Gasteiger partial charge is 0.257 e. The molecule has 4 amide bonds. The molecule has 0 saturated carbocycles. The lowest BCUT2D eigenvalue weighted by Crippen LogP contribution is -2.46. The van der Waals surface area contributed by atoms with Gasteiger partial charge in [-0.25, -0.2) is 4.90 Å². The van der Waals surface area contributed by atoms with Gasteiger partial charge in [-0.3, -0.25) is 19.2 Å². The van der Waals surface area contributed by atoms with Gasteiger partial charge in [-0.05, 0) is 75.4 Å². The van der Waals surface area contributed by atoms with Crippen LogP contribution in [0.5, 0.6) is 0 Å². The third-order valence-electron chi connectivity index (χ3n) is 6.56. The molecule has 2 aromatic rings. The van der Waals surface area contributed by atoms with Crippen molar-refractivity contribution in [1.29, 1.82) is 0 Å². The maximum Gasteiger partial charge on any atom is 0.257 e. The van der Waals surface area contributed by atoms with Crippen LogP contribution >= 0.6 is 0 Å². The van der Waals surface area contributed by atoms with Crippen LogP contribution in [0.3, 0.4) is 0 Å². The van der Waals surface area contributed by atoms with Crippen LogP contribution in [-0.2, 0) is 14.4 Å². The Labute approximate surface area is 205 Å². The summed E-state index contributed by atoms with van der Waals surface area (Å²) in [7, 11) is 0. The minimum absolute atomic E-state index is 0.0526. The maximum absolute atomic E-state index is 13.5. The van der Waals surface area contributed by atoms with Gasteiger partial charge in [0.05, 0.1) is 12.1 Å². The number of imide groups is 1. The van der Waals surface area contributed by atoms with E-state index in [1.807, 2.05) is 19.1 Å². The molecule has 1 atom stereocenters. The van der Waals surface area contributed by atoms with Gasteiger partial charge in [0.25, 0.3) is 11.8 Å². The van der Waals surface area contributed by atoms with Crippen molar-refractivity contribution in [3.8, 4) is 0 Å². The zero-order chi connectivity index (χ0) is 24.9. The van der Waals surface area contributed by atoms with Crippen molar-refractivity contribution in [3.63, 3.8) is 0 Å². The van der Waals surface area contributed by atoms with Crippen LogP contribution < -0.4 is 10.2 Å². The minimum atomic E-state index is -0.851. The predicted octanol–water partition coefficient (Wildman–Crippen LogP) is 4.62. The van der Waals surface area contributed by atoms with Crippen LogP contribution in [0.25, 0.3) is 0 Å². The van der Waals surface area contributed by atoms with Crippen molar-refractivity contribution in [2.24, 2.45) is 0 Å². The van der Waals surface area contributed by atoms with E-state index in [0.717, 1.165) is 29.7 Å². The molecule has 35 heavy (non-hydrogen) atoms. The Morgan fingerprint density at radius 1 is 1.03 bits per heavy atom. The molecule has 0 bridgehead atoms. The van der Waals surface area contributed by atoms with Gasteiger partial charge in [0.1, 0.15) is 6.04 Å². The van der Waals surface area contributed by atoms with Crippen LogP contribution in [0.2, 0.25) is 0 Å². The van der Waals surface area contributed by atoms with Crippen molar-refractivity contribution in [2.45, 2.75) is 58.4 Å². The van der Waals surface area contributed by atoms with Crippen LogP contribution in [-0.4, -0.2) is 41.1 Å². The first-order chi connectivity index (χ1) is 16.8. The van der Waals surface area contributed by atoms with Crippen molar-refractivity contribution in [2.75, 3.05) is 16.8 Å². The molecule has 182 valence electrons. The molecule has 1 N–H and O–H groups in total. The van der Waals surface area contributed by atoms with E-state index in [1.54, 1.807) is 41.3 Å². The normalized spacial score (nSPS) is 17.8. The number of benzene rings is 2. The van der Waals surface area contributed by atoms with Gasteiger partial charge in [0.15, 0.2) is 0 Å². The average Bonchev–Trinajstić information content (AvgIpc) is 3.14. The standard InChI is InChI=1S/C28H31N3O4/c1-19-8-10-22(11-9-19)27(34)30(17-16-21-6-4-3-5-7-21)25-18-26(33)31(28(25)35)24-14-12-23(13-15-24)29-20(2)32/h6,8-15,25H,3-5,7,16-18H2,1-2H3,(H,29,32). The van der Waals surface area contributed by atoms with E-state index < -0.39 is 11.9 Å². The predicted molar refractivity (Wildman–Crippen MR) is 135 cm³/mol. The molecule has 4 rings (SSSR count). The van der Waals surface area contributed by atoms with E-state index in [2.05, 4.69) is 11.4 Å². The molecule has 1 heterocycles. The van der Waals surface area contributed by atoms with E-state index in [1.165, 1.54) is 18.9 Å². The number of nitrogens with zero attached hydrogens (tertiary/aromatic N) is 2. The Morgan fingerprint density at radius 2 is 1.74 bits per heavy atom. The summed E-state index contributed by atoms with van der Waals surface area (Å²) in [6.45, 7) is 3.75. The fourth-order valence-corrected chi connectivity index (χ4v) is 4.68. The first kappa shape index (κ1) is 24.4. The number of nitrogens with one attached hydrogen (secondary N) is 1. The fourth-order valence-electron chi connectivity index (χ4n) is 4.68. The summed E-state index contributed by atoms with van der Waals surface area (Å²) in [5.74, 6) is -1.19. The minimum Gasteiger partial charge on any atom is -0.326 e. The van der Waals surface area contributed by atoms with Crippen LogP contribution in [0.15, 0.2) is 60.2 Å². The molecular weight excluding hydrogens is 442 g/mol. The molecule has 0 radical (unpaired) electrons. The van der Waals surface area contributed by atoms with E-state index in [9.17, 15) is 19.2 Å². The molecule has 1 fully saturated rings. The molecule has 2 aliphatic rings. The summed E-state index contributed by atoms with van der Waals surface area (Å²) in [5, 5.41) is 2.67. The van der Waals surface area contributed by atoms with Crippen molar-refractivity contribution in [1.82, 2.24) is 4.90 Å². The van der Waals surface area contributed by atoms with E-state index >= 15 is 0 Å². The molecule has 0 spiro atoms. The number of hydrogen-bond acceptors (Lipinski definition) is 4. The molecule has 7 nitrogen and oxygen atoms in total. The number of amides is 4. The van der Waals surface area contributed by atoms with Gasteiger partial charge >= 0.3 is 0 Å². The van der Waals surface area contributed by atoms with Gasteiger partial charge in [-0.2, -0.15) is 0 Å². The Balaban J connectivity index is 1.58. The highest BCUT2D eigenvalue weighted by Crippen LogP contribution is 2.29. The fraction of sp³-hybridized carbons (Fsp3) is 0.357. The third kappa shape index (κ3) is 5.67. The summed E-state index contributed by atoms with van der Waals surface area (Å²) in [6, 6.07) is 13.0. The Morgan fingerprint density at radius 3 is 2.37 bits per heavy atom. The second-order valence-corrected chi connectivity index (χ2v) is 9.24. The zero-order valence-electron chi connectivity index (χ0n) is 20.3. The van der Waals surface area contributed by atoms with Crippen LogP contribution in [0, 0.1) is 6.92 Å². The molecule has 2 aromatic carbocycles. The quantitative estimate of drug-likeness (QED) is 0.470. The number of allylic oxidation sites excluding steroid dienone is 1. The monoisotopic (exact) mass is 473 g/mol. The van der Waals surface area contributed by atoms with Gasteiger partial charge < -0.3 is 10.2 Å². The van der Waals surface area contributed by atoms with Gasteiger partial charge in [-0.15, -0.1) is 0 Å². The number of carbonyl (C=O) groups is 4. The molecule has 1 aliphatic carbocycles. The van der Waals surface area contributed by atoms with Gasteiger partial charge in [0, 0.05) is 24.7 Å². The number of anilines is 2. The van der Waals surface area contributed by atoms with Crippen LogP contribution in [0.1, 0.15) is 61.4 Å². The lowest BCUT2D eigenvalue weighted by molar-refractivity contribution is -0.122. The molecule has 0 aromatic heterocycles. The highest BCUT2D eigenvalue weighted by atomic mass is 16.2. The molecule has 7 heteroatoms. The van der Waals surface area contributed by atoms with E-state index in [0.29, 0.717) is 29.9 Å². The lowest BCUT2D eigenvalue weighted by Gasteiger charge is -2.29. The Kier molecular flexibility index (Phi) is 7.44. The highest BCUT2D eigenvalue weighted by Gasteiger charge is 2.44. The number of rotatable bonds is 7. The number of aryl methyl sites for hydroxylation is 1. The summed E-state index contributed by atoms with van der Waals surface area (Å²) in [4.78, 5) is 54.0. The Hall–Kier alpha value is -3.74. The van der Waals surface area contributed by atoms with Crippen molar-refractivity contribution in [3.05, 3.63) is 71.3 Å². The second-order valence-electron chi connectivity index (χ2n) is 9.24. The highest BCUT2D eigenvalue weighted by molar-refractivity contribution is 6.23. The maximum atomic E-state index is 13.5. The number of carbonyl (C=O) groups excluding carboxylic acids is 4. The van der Waals surface area contributed by atoms with E-state index in [4.69, 9.17) is 0 Å². The summed E-state index contributed by atoms with van der Waals surface area (Å²) < 4.78 is 0. The van der Waals surface area contributed by atoms with Gasteiger partial charge in [-0.1, -0.05) is 29.3 Å². The molecule has 1 saturated heterocycles. The zero-order valence-corrected chi connectivity index (χ0v) is 20.3. The molecule has 1 aliphatic heterocycles. The molecular formula is C28H31N3O4. The number of hydrogen-bond donors (Lipinski definition) is 1. The van der Waals surface area contributed by atoms with Gasteiger partial charge in [0.2, 0.25) is 11.8 Å². The third-order valence-corrected chi connectivity index (χ3v) is 6.56. The summed E-state index contributed by atoms with van der Waals surface area (Å²) >= 11 is 0.